The molecule has 0 saturated carbocycles. The van der Waals surface area contributed by atoms with Crippen molar-refractivity contribution >= 4 is 11.8 Å². The molecule has 6 heteroatoms. The molecular formula is C14H22N2O4. The van der Waals surface area contributed by atoms with Gasteiger partial charge in [0, 0.05) is 6.04 Å². The normalized spacial score (nSPS) is 12.7. The molecular weight excluding hydrogens is 260 g/mol. The van der Waals surface area contributed by atoms with Crippen LogP contribution in [0, 0.1) is 0 Å². The number of amides is 1. The van der Waals surface area contributed by atoms with E-state index in [1.807, 2.05) is 0 Å². The number of hydrogen-bond donors (Lipinski definition) is 3. The average Bonchev–Trinajstić information content (AvgIpc) is 2.28. The van der Waals surface area contributed by atoms with E-state index in [0.717, 1.165) is 5.56 Å². The summed E-state index contributed by atoms with van der Waals surface area (Å²) < 4.78 is 10.2. The number of methoxy groups -OCH3 is 1. The highest BCUT2D eigenvalue weighted by atomic mass is 16.6. The molecule has 0 aliphatic rings. The molecule has 0 bridgehead atoms. The van der Waals surface area contributed by atoms with Crippen molar-refractivity contribution < 1.29 is 19.4 Å². The van der Waals surface area contributed by atoms with Crippen LogP contribution in [0.15, 0.2) is 12.1 Å². The van der Waals surface area contributed by atoms with Gasteiger partial charge in [0.1, 0.15) is 5.60 Å². The van der Waals surface area contributed by atoms with Gasteiger partial charge in [-0.05, 0) is 45.4 Å². The first-order valence-electron chi connectivity index (χ1n) is 6.30. The lowest BCUT2D eigenvalue weighted by Crippen LogP contribution is -2.27. The van der Waals surface area contributed by atoms with Gasteiger partial charge < -0.3 is 20.3 Å². The number of hydrogen-bond acceptors (Lipinski definition) is 5. The number of ether oxygens (including phenoxy) is 2. The number of aromatic hydroxyl groups is 1. The Morgan fingerprint density at radius 2 is 2.00 bits per heavy atom. The lowest BCUT2D eigenvalue weighted by molar-refractivity contribution is 0.0635. The Hall–Kier alpha value is -1.95. The smallest absolute Gasteiger partial charge is 0.412 e. The van der Waals surface area contributed by atoms with Crippen LogP contribution in [0.2, 0.25) is 0 Å². The van der Waals surface area contributed by atoms with E-state index >= 15 is 0 Å². The van der Waals surface area contributed by atoms with E-state index in [0.29, 0.717) is 0 Å². The van der Waals surface area contributed by atoms with Crippen LogP contribution in [0.3, 0.4) is 0 Å². The fourth-order valence-electron chi connectivity index (χ4n) is 1.56. The number of anilines is 1. The highest BCUT2D eigenvalue weighted by Crippen LogP contribution is 2.37. The first kappa shape index (κ1) is 16.1. The SMILES string of the molecule is COc1cc([C@@H](C)N)cc(NC(=O)OC(C)(C)C)c1O. The standard InChI is InChI=1S/C14H22N2O4/c1-8(15)9-6-10(12(17)11(7-9)19-5)16-13(18)20-14(2,3)4/h6-8,17H,15H2,1-5H3,(H,16,18)/t8-/m1/s1. The lowest BCUT2D eigenvalue weighted by Gasteiger charge is -2.20. The number of carbonyl (C=O) groups is 1. The van der Waals surface area contributed by atoms with Crippen LogP contribution in [0.1, 0.15) is 39.3 Å². The van der Waals surface area contributed by atoms with E-state index in [2.05, 4.69) is 5.32 Å². The molecule has 1 rings (SSSR count). The van der Waals surface area contributed by atoms with Crippen LogP contribution >= 0.6 is 0 Å². The monoisotopic (exact) mass is 282 g/mol. The maximum Gasteiger partial charge on any atom is 0.412 e. The Labute approximate surface area is 118 Å². The Balaban J connectivity index is 3.05. The van der Waals surface area contributed by atoms with Gasteiger partial charge in [-0.2, -0.15) is 0 Å². The zero-order valence-electron chi connectivity index (χ0n) is 12.5. The van der Waals surface area contributed by atoms with Crippen molar-refractivity contribution in [1.82, 2.24) is 0 Å². The Bertz CT molecular complexity index is 493. The first-order valence-corrected chi connectivity index (χ1v) is 6.30. The molecule has 4 N–H and O–H groups in total. The van der Waals surface area contributed by atoms with Crippen LogP contribution in [-0.2, 0) is 4.74 Å². The number of phenolic OH excluding ortho intramolecular Hbond substituents is 1. The van der Waals surface area contributed by atoms with E-state index in [1.54, 1.807) is 39.8 Å². The second-order valence-electron chi connectivity index (χ2n) is 5.53. The summed E-state index contributed by atoms with van der Waals surface area (Å²) in [4.78, 5) is 11.7. The maximum absolute atomic E-state index is 11.7. The zero-order valence-corrected chi connectivity index (χ0v) is 12.5. The predicted molar refractivity (Wildman–Crippen MR) is 77.1 cm³/mol. The molecule has 1 aromatic rings. The van der Waals surface area contributed by atoms with Gasteiger partial charge in [-0.15, -0.1) is 0 Å². The predicted octanol–water partition coefficient (Wildman–Crippen LogP) is 2.77. The Morgan fingerprint density at radius 3 is 2.45 bits per heavy atom. The molecule has 6 nitrogen and oxygen atoms in total. The summed E-state index contributed by atoms with van der Waals surface area (Å²) in [6.07, 6.45) is -0.656. The van der Waals surface area contributed by atoms with Crippen LogP contribution < -0.4 is 15.8 Å². The molecule has 1 aromatic carbocycles. The average molecular weight is 282 g/mol. The van der Waals surface area contributed by atoms with Gasteiger partial charge in [-0.25, -0.2) is 4.79 Å². The second kappa shape index (κ2) is 6.00. The number of nitrogens with one attached hydrogen (secondary N) is 1. The van der Waals surface area contributed by atoms with Gasteiger partial charge >= 0.3 is 6.09 Å². The minimum absolute atomic E-state index is 0.164. The quantitative estimate of drug-likeness (QED) is 0.741. The number of rotatable bonds is 3. The summed E-state index contributed by atoms with van der Waals surface area (Å²) in [6, 6.07) is 2.95. The molecule has 112 valence electrons. The van der Waals surface area contributed by atoms with E-state index in [1.165, 1.54) is 7.11 Å². The second-order valence-corrected chi connectivity index (χ2v) is 5.53. The van der Waals surface area contributed by atoms with Crippen LogP contribution in [0.5, 0.6) is 11.5 Å². The molecule has 1 amide bonds. The topological polar surface area (TPSA) is 93.8 Å². The molecule has 0 fully saturated rings. The molecule has 0 spiro atoms. The number of carbonyl (C=O) groups excluding carboxylic acids is 1. The molecule has 20 heavy (non-hydrogen) atoms. The summed E-state index contributed by atoms with van der Waals surface area (Å²) in [6.45, 7) is 7.06. The van der Waals surface area contributed by atoms with Crippen molar-refractivity contribution in [2.24, 2.45) is 5.73 Å². The summed E-state index contributed by atoms with van der Waals surface area (Å²) in [5.41, 5.74) is 6.11. The highest BCUT2D eigenvalue weighted by Gasteiger charge is 2.19. The van der Waals surface area contributed by atoms with Gasteiger partial charge in [0.15, 0.2) is 11.5 Å². The van der Waals surface area contributed by atoms with E-state index in [9.17, 15) is 9.90 Å². The minimum atomic E-state index is -0.656. The first-order chi connectivity index (χ1) is 9.14. The third kappa shape index (κ3) is 4.31. The van der Waals surface area contributed by atoms with E-state index in [-0.39, 0.29) is 23.2 Å². The minimum Gasteiger partial charge on any atom is -0.503 e. The van der Waals surface area contributed by atoms with Crippen molar-refractivity contribution in [3.8, 4) is 11.5 Å². The van der Waals surface area contributed by atoms with Crippen LogP contribution in [0.25, 0.3) is 0 Å². The van der Waals surface area contributed by atoms with Crippen molar-refractivity contribution in [1.29, 1.82) is 0 Å². The molecule has 0 heterocycles. The molecule has 0 radical (unpaired) electrons. The summed E-state index contributed by atoms with van der Waals surface area (Å²) in [7, 11) is 1.43. The third-order valence-electron chi connectivity index (χ3n) is 2.48. The lowest BCUT2D eigenvalue weighted by atomic mass is 10.1. The number of nitrogens with two attached hydrogens (primary N) is 1. The zero-order chi connectivity index (χ0) is 15.5. The van der Waals surface area contributed by atoms with Gasteiger partial charge in [-0.1, -0.05) is 0 Å². The van der Waals surface area contributed by atoms with Gasteiger partial charge in [-0.3, -0.25) is 5.32 Å². The third-order valence-corrected chi connectivity index (χ3v) is 2.48. The largest absolute Gasteiger partial charge is 0.503 e. The van der Waals surface area contributed by atoms with Gasteiger partial charge in [0.25, 0.3) is 0 Å². The van der Waals surface area contributed by atoms with Crippen molar-refractivity contribution in [2.45, 2.75) is 39.3 Å². The molecule has 0 aromatic heterocycles. The number of phenols is 1. The Morgan fingerprint density at radius 1 is 1.40 bits per heavy atom. The summed E-state index contributed by atoms with van der Waals surface area (Å²) >= 11 is 0. The maximum atomic E-state index is 11.7. The van der Waals surface area contributed by atoms with E-state index < -0.39 is 11.7 Å². The highest BCUT2D eigenvalue weighted by molar-refractivity contribution is 5.88. The molecule has 0 saturated heterocycles. The van der Waals surface area contributed by atoms with Crippen molar-refractivity contribution in [3.63, 3.8) is 0 Å². The molecule has 0 aliphatic carbocycles. The van der Waals surface area contributed by atoms with E-state index in [4.69, 9.17) is 15.2 Å². The molecule has 1 atom stereocenters. The summed E-state index contributed by atoms with van der Waals surface area (Å²) in [5, 5.41) is 12.5. The molecule has 0 aliphatic heterocycles. The number of benzene rings is 1. The van der Waals surface area contributed by atoms with Crippen LogP contribution in [-0.4, -0.2) is 23.9 Å². The van der Waals surface area contributed by atoms with Crippen molar-refractivity contribution in [3.05, 3.63) is 17.7 Å². The Kier molecular flexibility index (Phi) is 4.83. The van der Waals surface area contributed by atoms with Crippen LogP contribution in [0.4, 0.5) is 10.5 Å². The molecule has 0 unspecified atom stereocenters. The van der Waals surface area contributed by atoms with Crippen molar-refractivity contribution in [2.75, 3.05) is 12.4 Å². The van der Waals surface area contributed by atoms with Gasteiger partial charge in [0.05, 0.1) is 12.8 Å². The fraction of sp³-hybridized carbons (Fsp3) is 0.500. The summed E-state index contributed by atoms with van der Waals surface area (Å²) in [5.74, 6) is 0.0774. The fourth-order valence-corrected chi connectivity index (χ4v) is 1.56. The van der Waals surface area contributed by atoms with Gasteiger partial charge in [0.2, 0.25) is 0 Å².